The molecule has 6 nitrogen and oxygen atoms in total. The standard InChI is InChI=1S/C15H17F3N2O4S/c1-9(21)20(10-4-7-25(23,24)8-10)6-5-19-15(22)11-2-3-12(16)14(18)13(11)17/h2-3,10H,4-8H2,1H3,(H,19,22). The number of hydrogen-bond donors (Lipinski definition) is 1. The van der Waals surface area contributed by atoms with Gasteiger partial charge in [-0.3, -0.25) is 9.59 Å². The zero-order valence-electron chi connectivity index (χ0n) is 13.4. The zero-order valence-corrected chi connectivity index (χ0v) is 14.2. The van der Waals surface area contributed by atoms with Crippen molar-refractivity contribution < 1.29 is 31.2 Å². The molecule has 1 N–H and O–H groups in total. The summed E-state index contributed by atoms with van der Waals surface area (Å²) in [6.45, 7) is 1.21. The molecule has 1 aromatic carbocycles. The average molecular weight is 378 g/mol. The summed E-state index contributed by atoms with van der Waals surface area (Å²) in [5.41, 5.74) is -0.656. The van der Waals surface area contributed by atoms with Crippen LogP contribution in [0, 0.1) is 17.5 Å². The molecule has 1 aliphatic heterocycles. The van der Waals surface area contributed by atoms with Crippen LogP contribution in [0.25, 0.3) is 0 Å². The van der Waals surface area contributed by atoms with Gasteiger partial charge >= 0.3 is 0 Å². The van der Waals surface area contributed by atoms with Crippen molar-refractivity contribution in [1.29, 1.82) is 0 Å². The molecule has 1 saturated heterocycles. The third-order valence-electron chi connectivity index (χ3n) is 3.97. The van der Waals surface area contributed by atoms with Crippen molar-refractivity contribution in [3.8, 4) is 0 Å². The van der Waals surface area contributed by atoms with Gasteiger partial charge in [-0.2, -0.15) is 0 Å². The van der Waals surface area contributed by atoms with Crippen molar-refractivity contribution in [3.63, 3.8) is 0 Å². The van der Waals surface area contributed by atoms with E-state index in [1.54, 1.807) is 0 Å². The van der Waals surface area contributed by atoms with E-state index in [-0.39, 0.29) is 30.5 Å². The van der Waals surface area contributed by atoms with Crippen LogP contribution >= 0.6 is 0 Å². The molecule has 0 bridgehead atoms. The second-order valence-electron chi connectivity index (χ2n) is 5.75. The fourth-order valence-corrected chi connectivity index (χ4v) is 4.44. The van der Waals surface area contributed by atoms with Crippen LogP contribution in [0.15, 0.2) is 12.1 Å². The van der Waals surface area contributed by atoms with Gasteiger partial charge in [0.25, 0.3) is 5.91 Å². The maximum atomic E-state index is 13.6. The van der Waals surface area contributed by atoms with Crippen LogP contribution in [-0.4, -0.2) is 55.8 Å². The van der Waals surface area contributed by atoms with Gasteiger partial charge in [0, 0.05) is 26.1 Å². The largest absolute Gasteiger partial charge is 0.350 e. The first kappa shape index (κ1) is 19.2. The van der Waals surface area contributed by atoms with Crippen molar-refractivity contribution in [1.82, 2.24) is 10.2 Å². The number of nitrogens with one attached hydrogen (secondary N) is 1. The van der Waals surface area contributed by atoms with Crippen LogP contribution in [0.2, 0.25) is 0 Å². The summed E-state index contributed by atoms with van der Waals surface area (Å²) in [4.78, 5) is 24.9. The molecule has 0 radical (unpaired) electrons. The third-order valence-corrected chi connectivity index (χ3v) is 5.72. The van der Waals surface area contributed by atoms with Crippen molar-refractivity contribution >= 4 is 21.7 Å². The first-order valence-corrected chi connectivity index (χ1v) is 9.34. The number of sulfone groups is 1. The molecule has 25 heavy (non-hydrogen) atoms. The van der Waals surface area contributed by atoms with Crippen molar-refractivity contribution in [3.05, 3.63) is 35.1 Å². The molecule has 10 heteroatoms. The molecule has 1 aliphatic rings. The Kier molecular flexibility index (Phi) is 5.71. The maximum Gasteiger partial charge on any atom is 0.254 e. The fraction of sp³-hybridized carbons (Fsp3) is 0.467. The molecule has 0 saturated carbocycles. The molecular formula is C15H17F3N2O4S. The second kappa shape index (κ2) is 7.42. The van der Waals surface area contributed by atoms with E-state index >= 15 is 0 Å². The van der Waals surface area contributed by atoms with Gasteiger partial charge < -0.3 is 10.2 Å². The van der Waals surface area contributed by atoms with E-state index in [9.17, 15) is 31.2 Å². The highest BCUT2D eigenvalue weighted by atomic mass is 32.2. The van der Waals surface area contributed by atoms with Gasteiger partial charge in [-0.25, -0.2) is 21.6 Å². The Labute approximate surface area is 142 Å². The Morgan fingerprint density at radius 1 is 1.24 bits per heavy atom. The number of carbonyl (C=O) groups is 2. The van der Waals surface area contributed by atoms with E-state index in [4.69, 9.17) is 0 Å². The number of nitrogens with zero attached hydrogens (tertiary/aromatic N) is 1. The predicted molar refractivity (Wildman–Crippen MR) is 83.1 cm³/mol. The summed E-state index contributed by atoms with van der Waals surface area (Å²) in [6.07, 6.45) is 0.313. The highest BCUT2D eigenvalue weighted by Crippen LogP contribution is 2.18. The van der Waals surface area contributed by atoms with Gasteiger partial charge in [0.2, 0.25) is 5.91 Å². The molecular weight excluding hydrogens is 361 g/mol. The molecule has 0 aromatic heterocycles. The fourth-order valence-electron chi connectivity index (χ4n) is 2.70. The lowest BCUT2D eigenvalue weighted by atomic mass is 10.2. The lowest BCUT2D eigenvalue weighted by molar-refractivity contribution is -0.130. The summed E-state index contributed by atoms with van der Waals surface area (Å²) >= 11 is 0. The number of amides is 2. The monoisotopic (exact) mass is 378 g/mol. The van der Waals surface area contributed by atoms with E-state index in [1.165, 1.54) is 11.8 Å². The van der Waals surface area contributed by atoms with Gasteiger partial charge in [0.05, 0.1) is 17.1 Å². The van der Waals surface area contributed by atoms with Crippen LogP contribution in [0.3, 0.4) is 0 Å². The van der Waals surface area contributed by atoms with Crippen LogP contribution < -0.4 is 5.32 Å². The number of benzene rings is 1. The maximum absolute atomic E-state index is 13.6. The van der Waals surface area contributed by atoms with Crippen molar-refractivity contribution in [2.24, 2.45) is 0 Å². The van der Waals surface area contributed by atoms with E-state index < -0.39 is 44.8 Å². The summed E-state index contributed by atoms with van der Waals surface area (Å²) in [5, 5.41) is 2.30. The topological polar surface area (TPSA) is 83.6 Å². The van der Waals surface area contributed by atoms with Crippen LogP contribution in [-0.2, 0) is 14.6 Å². The van der Waals surface area contributed by atoms with Crippen molar-refractivity contribution in [2.45, 2.75) is 19.4 Å². The molecule has 1 heterocycles. The van der Waals surface area contributed by atoms with Crippen LogP contribution in [0.1, 0.15) is 23.7 Å². The average Bonchev–Trinajstić information content (AvgIpc) is 2.88. The number of halogens is 3. The molecule has 0 spiro atoms. The number of carbonyl (C=O) groups excluding carboxylic acids is 2. The van der Waals surface area contributed by atoms with E-state index in [1.807, 2.05) is 0 Å². The molecule has 1 unspecified atom stereocenters. The Bertz CT molecular complexity index is 798. The number of rotatable bonds is 5. The molecule has 1 atom stereocenters. The van der Waals surface area contributed by atoms with E-state index in [0.29, 0.717) is 12.5 Å². The highest BCUT2D eigenvalue weighted by Gasteiger charge is 2.33. The van der Waals surface area contributed by atoms with Crippen LogP contribution in [0.4, 0.5) is 13.2 Å². The lowest BCUT2D eigenvalue weighted by Crippen LogP contribution is -2.44. The van der Waals surface area contributed by atoms with Gasteiger partial charge in [-0.15, -0.1) is 0 Å². The normalized spacial score (nSPS) is 18.8. The summed E-state index contributed by atoms with van der Waals surface area (Å²) in [6, 6.07) is 0.980. The Morgan fingerprint density at radius 2 is 1.92 bits per heavy atom. The van der Waals surface area contributed by atoms with Gasteiger partial charge in [0.15, 0.2) is 27.3 Å². The van der Waals surface area contributed by atoms with Crippen molar-refractivity contribution in [2.75, 3.05) is 24.6 Å². The SMILES string of the molecule is CC(=O)N(CCNC(=O)c1ccc(F)c(F)c1F)C1CCS(=O)(=O)C1. The predicted octanol–water partition coefficient (Wildman–Crippen LogP) is 0.869. The Hall–Kier alpha value is -2.10. The highest BCUT2D eigenvalue weighted by molar-refractivity contribution is 7.91. The summed E-state index contributed by atoms with van der Waals surface area (Å²) in [5.74, 6) is -6.20. The molecule has 2 amide bonds. The lowest BCUT2D eigenvalue weighted by Gasteiger charge is -2.27. The molecule has 0 aliphatic carbocycles. The minimum Gasteiger partial charge on any atom is -0.350 e. The summed E-state index contributed by atoms with van der Waals surface area (Å²) < 4.78 is 62.6. The Morgan fingerprint density at radius 3 is 2.48 bits per heavy atom. The second-order valence-corrected chi connectivity index (χ2v) is 7.98. The Balaban J connectivity index is 1.97. The first-order chi connectivity index (χ1) is 11.6. The molecule has 2 rings (SSSR count). The zero-order chi connectivity index (χ0) is 18.8. The first-order valence-electron chi connectivity index (χ1n) is 7.51. The third kappa shape index (κ3) is 4.50. The minimum atomic E-state index is -3.18. The van der Waals surface area contributed by atoms with Crippen LogP contribution in [0.5, 0.6) is 0 Å². The smallest absolute Gasteiger partial charge is 0.254 e. The molecule has 1 fully saturated rings. The number of hydrogen-bond acceptors (Lipinski definition) is 4. The molecule has 1 aromatic rings. The van der Waals surface area contributed by atoms with E-state index in [0.717, 1.165) is 6.07 Å². The van der Waals surface area contributed by atoms with Gasteiger partial charge in [-0.05, 0) is 18.6 Å². The quantitative estimate of drug-likeness (QED) is 0.771. The van der Waals surface area contributed by atoms with Gasteiger partial charge in [0.1, 0.15) is 0 Å². The summed E-state index contributed by atoms with van der Waals surface area (Å²) in [7, 11) is -3.18. The van der Waals surface area contributed by atoms with E-state index in [2.05, 4.69) is 5.32 Å². The van der Waals surface area contributed by atoms with Gasteiger partial charge in [-0.1, -0.05) is 0 Å². The molecule has 138 valence electrons. The minimum absolute atomic E-state index is 0.00608.